The number of likely N-dealkylation sites (N-methyl/N-ethyl adjacent to an activating group) is 1. The van der Waals surface area contributed by atoms with Gasteiger partial charge in [0, 0.05) is 92.0 Å². The molecule has 2 fully saturated rings. The van der Waals surface area contributed by atoms with Crippen molar-refractivity contribution in [2.45, 2.75) is 66.2 Å². The van der Waals surface area contributed by atoms with Crippen molar-refractivity contribution < 1.29 is 0 Å². The minimum Gasteiger partial charge on any atom is -0.386 e. The number of anilines is 1. The first-order chi connectivity index (χ1) is 32.3. The summed E-state index contributed by atoms with van der Waals surface area (Å²) in [5.74, 6) is 0.969. The van der Waals surface area contributed by atoms with Crippen LogP contribution >= 0.6 is 23.2 Å². The predicted octanol–water partition coefficient (Wildman–Crippen LogP) is 13.5. The molecule has 0 spiro atoms. The van der Waals surface area contributed by atoms with E-state index in [9.17, 15) is 0 Å². The summed E-state index contributed by atoms with van der Waals surface area (Å²) in [6.07, 6.45) is 16.9. The maximum absolute atomic E-state index is 6.59. The van der Waals surface area contributed by atoms with Crippen LogP contribution in [-0.2, 0) is 0 Å². The summed E-state index contributed by atoms with van der Waals surface area (Å²) < 4.78 is 0. The van der Waals surface area contributed by atoms with Gasteiger partial charge in [-0.3, -0.25) is 0 Å². The van der Waals surface area contributed by atoms with Gasteiger partial charge in [-0.25, -0.2) is 15.0 Å². The zero-order valence-electron chi connectivity index (χ0n) is 40.6. The quantitative estimate of drug-likeness (QED) is 0.0939. The second-order valence-electron chi connectivity index (χ2n) is 17.1. The van der Waals surface area contributed by atoms with Gasteiger partial charge in [-0.2, -0.15) is 0 Å². The Bertz CT molecular complexity index is 2560. The molecule has 2 aliphatic rings. The molecule has 0 saturated carbocycles. The smallest absolute Gasteiger partial charge is 0.131 e. The van der Waals surface area contributed by atoms with Crippen LogP contribution in [0.4, 0.5) is 5.82 Å². The molecule has 3 aromatic heterocycles. The second kappa shape index (κ2) is 25.9. The Morgan fingerprint density at radius 1 is 0.731 bits per heavy atom. The SMILES string of the molecule is C=C(CCCC)N1CCN(C(=C)c2ccc3c(Cl)cc(C(/C=C\C)=C/C)nc3c2)CC1.C=C(CCCC)N1CCN(C)CC1.C=Cc1ccc2c(Cl)cc(-c3ccc(NC(=C)N)nc3)nc2c1. The molecule has 5 heterocycles. The first-order valence-electron chi connectivity index (χ1n) is 23.6. The van der Waals surface area contributed by atoms with Crippen molar-refractivity contribution in [2.24, 2.45) is 5.73 Å². The number of halogens is 2. The van der Waals surface area contributed by atoms with Crippen molar-refractivity contribution in [3.8, 4) is 11.3 Å². The van der Waals surface area contributed by atoms with Crippen LogP contribution in [0.1, 0.15) is 83.0 Å². The number of fused-ring (bicyclic) bond motifs is 2. The lowest BCUT2D eigenvalue weighted by Crippen LogP contribution is -2.44. The first-order valence-corrected chi connectivity index (χ1v) is 24.3. The number of pyridine rings is 3. The van der Waals surface area contributed by atoms with Crippen molar-refractivity contribution in [3.63, 3.8) is 0 Å². The Hall–Kier alpha value is -5.87. The van der Waals surface area contributed by atoms with E-state index in [1.807, 2.05) is 62.4 Å². The molecule has 67 heavy (non-hydrogen) atoms. The molecule has 7 rings (SSSR count). The summed E-state index contributed by atoms with van der Waals surface area (Å²) in [6, 6.07) is 19.6. The Kier molecular flexibility index (Phi) is 20.1. The van der Waals surface area contributed by atoms with Crippen molar-refractivity contribution in [1.29, 1.82) is 0 Å². The van der Waals surface area contributed by atoms with E-state index in [1.165, 1.54) is 69.7 Å². The molecule has 3 N–H and O–H groups in total. The number of benzene rings is 2. The van der Waals surface area contributed by atoms with Crippen LogP contribution in [-0.4, -0.2) is 94.0 Å². The van der Waals surface area contributed by atoms with Crippen molar-refractivity contribution in [1.82, 2.24) is 34.6 Å². The van der Waals surface area contributed by atoms with Gasteiger partial charge in [0.15, 0.2) is 0 Å². The van der Waals surface area contributed by atoms with Gasteiger partial charge in [-0.05, 0) is 99.7 Å². The fourth-order valence-corrected chi connectivity index (χ4v) is 8.49. The van der Waals surface area contributed by atoms with Crippen molar-refractivity contribution in [3.05, 3.63) is 162 Å². The lowest BCUT2D eigenvalue weighted by atomic mass is 10.1. The molecule has 0 bridgehead atoms. The van der Waals surface area contributed by atoms with Crippen LogP contribution in [0.25, 0.3) is 50.4 Å². The summed E-state index contributed by atoms with van der Waals surface area (Å²) in [5.41, 5.74) is 16.6. The molecule has 9 nitrogen and oxygen atoms in total. The van der Waals surface area contributed by atoms with Gasteiger partial charge < -0.3 is 30.7 Å². The monoisotopic (exact) mass is 940 g/mol. The van der Waals surface area contributed by atoms with E-state index in [0.717, 1.165) is 98.8 Å². The molecule has 5 aromatic rings. The standard InChI is InChI=1S/C27H34ClN3.C18H15ClN4.C11H22N2/c1-6-9-11-20(4)30-14-16-31(17-15-30)21(5)23-12-13-24-25(28)19-26(29-27(24)18-23)22(8-3)10-7-2;1-3-12-4-6-14-15(19)9-16(23-17(14)8-12)13-5-7-18(21-10-13)22-11(2)20;1-4-5-6-11(2)13-9-7-12(3)8-10-13/h7-8,10,12-13,18-19H,4-6,9,11,14-17H2,1-3H3;3-10H,1-2,20H2,(H,21,22);2,4-10H2,1,3H3/b10-7-,22-8+;;. The summed E-state index contributed by atoms with van der Waals surface area (Å²) in [6.45, 7) is 37.3. The molecule has 2 saturated heterocycles. The molecule has 0 unspecified atom stereocenters. The molecule has 0 radical (unpaired) electrons. The average Bonchev–Trinajstić information content (AvgIpc) is 3.34. The second-order valence-corrected chi connectivity index (χ2v) is 17.9. The lowest BCUT2D eigenvalue weighted by Gasteiger charge is -2.39. The summed E-state index contributed by atoms with van der Waals surface area (Å²) >= 11 is 13.0. The number of hydrogen-bond acceptors (Lipinski definition) is 9. The molecule has 0 amide bonds. The van der Waals surface area contributed by atoms with Crippen LogP contribution in [0, 0.1) is 0 Å². The van der Waals surface area contributed by atoms with Crippen LogP contribution in [0.2, 0.25) is 10.0 Å². The van der Waals surface area contributed by atoms with Crippen LogP contribution in [0.15, 0.2) is 135 Å². The first kappa shape index (κ1) is 52.1. The topological polar surface area (TPSA) is 89.7 Å². The van der Waals surface area contributed by atoms with E-state index in [2.05, 4.69) is 119 Å². The molecular formula is C56H71Cl2N9. The zero-order valence-corrected chi connectivity index (χ0v) is 42.1. The van der Waals surface area contributed by atoms with Gasteiger partial charge in [-0.1, -0.05) is 131 Å². The van der Waals surface area contributed by atoms with Gasteiger partial charge in [0.1, 0.15) is 5.82 Å². The van der Waals surface area contributed by atoms with Crippen molar-refractivity contribution >= 4 is 68.2 Å². The number of aromatic nitrogens is 3. The molecule has 354 valence electrons. The van der Waals surface area contributed by atoms with Gasteiger partial charge in [0.05, 0.1) is 38.3 Å². The molecule has 11 heteroatoms. The number of unbranched alkanes of at least 4 members (excludes halogenated alkanes) is 2. The zero-order chi connectivity index (χ0) is 48.5. The van der Waals surface area contributed by atoms with Gasteiger partial charge in [-0.15, -0.1) is 0 Å². The van der Waals surface area contributed by atoms with E-state index < -0.39 is 0 Å². The maximum Gasteiger partial charge on any atom is 0.131 e. The van der Waals surface area contributed by atoms with Crippen molar-refractivity contribution in [2.75, 3.05) is 64.7 Å². The minimum absolute atomic E-state index is 0.342. The molecule has 0 atom stereocenters. The molecule has 2 aromatic carbocycles. The highest BCUT2D eigenvalue weighted by Crippen LogP contribution is 2.31. The predicted molar refractivity (Wildman–Crippen MR) is 291 cm³/mol. The van der Waals surface area contributed by atoms with E-state index in [1.54, 1.807) is 12.3 Å². The van der Waals surface area contributed by atoms with Gasteiger partial charge in [0.2, 0.25) is 0 Å². The highest BCUT2D eigenvalue weighted by molar-refractivity contribution is 6.36. The Balaban J connectivity index is 0.000000204. The Morgan fingerprint density at radius 3 is 1.87 bits per heavy atom. The number of hydrogen-bond donors (Lipinski definition) is 2. The fourth-order valence-electron chi connectivity index (χ4n) is 7.96. The number of nitrogens with zero attached hydrogens (tertiary/aromatic N) is 7. The summed E-state index contributed by atoms with van der Waals surface area (Å²) in [5, 5.41) is 6.10. The Morgan fingerprint density at radius 2 is 1.31 bits per heavy atom. The largest absolute Gasteiger partial charge is 0.386 e. The van der Waals surface area contributed by atoms with E-state index >= 15 is 0 Å². The third kappa shape index (κ3) is 14.8. The number of nitrogens with one attached hydrogen (secondary N) is 1. The van der Waals surface area contributed by atoms with E-state index in [0.29, 0.717) is 16.7 Å². The fraction of sp³-hybridized carbons (Fsp3) is 0.339. The van der Waals surface area contributed by atoms with Crippen LogP contribution in [0.3, 0.4) is 0 Å². The number of allylic oxidation sites excluding steroid dienone is 6. The molecule has 2 aliphatic heterocycles. The number of rotatable bonds is 16. The van der Waals surface area contributed by atoms with E-state index in [4.69, 9.17) is 33.9 Å². The van der Waals surface area contributed by atoms with Crippen LogP contribution < -0.4 is 11.1 Å². The Labute approximate surface area is 410 Å². The normalized spacial score (nSPS) is 14.3. The van der Waals surface area contributed by atoms with E-state index in [-0.39, 0.29) is 0 Å². The third-order valence-corrected chi connectivity index (χ3v) is 12.7. The highest BCUT2D eigenvalue weighted by Gasteiger charge is 2.20. The number of piperazine rings is 2. The average molecular weight is 941 g/mol. The molecule has 0 aliphatic carbocycles. The summed E-state index contributed by atoms with van der Waals surface area (Å²) in [7, 11) is 2.19. The summed E-state index contributed by atoms with van der Waals surface area (Å²) in [4.78, 5) is 23.5. The third-order valence-electron chi connectivity index (χ3n) is 12.1. The van der Waals surface area contributed by atoms with Crippen LogP contribution in [0.5, 0.6) is 0 Å². The minimum atomic E-state index is 0.342. The maximum atomic E-state index is 6.59. The van der Waals surface area contributed by atoms with Gasteiger partial charge in [0.25, 0.3) is 0 Å². The lowest BCUT2D eigenvalue weighted by molar-refractivity contribution is 0.182. The van der Waals surface area contributed by atoms with Gasteiger partial charge >= 0.3 is 0 Å². The number of nitrogens with two attached hydrogens (primary N) is 1. The highest BCUT2D eigenvalue weighted by atomic mass is 35.5. The molecular weight excluding hydrogens is 870 g/mol.